The topological polar surface area (TPSA) is 61.0 Å². The van der Waals surface area contributed by atoms with Crippen LogP contribution in [0.3, 0.4) is 0 Å². The number of ether oxygens (including phenoxy) is 1. The lowest BCUT2D eigenvalue weighted by Gasteiger charge is -1.96. The summed E-state index contributed by atoms with van der Waals surface area (Å²) < 4.78 is 6.02. The van der Waals surface area contributed by atoms with E-state index in [1.165, 1.54) is 11.3 Å². The van der Waals surface area contributed by atoms with Gasteiger partial charge in [0.15, 0.2) is 5.13 Å². The lowest BCUT2D eigenvalue weighted by Crippen LogP contribution is -1.88. The summed E-state index contributed by atoms with van der Waals surface area (Å²) in [5.74, 6) is 0.528. The van der Waals surface area contributed by atoms with Crippen molar-refractivity contribution in [2.45, 2.75) is 0 Å². The van der Waals surface area contributed by atoms with Crippen molar-refractivity contribution < 1.29 is 4.74 Å². The molecule has 0 aromatic carbocycles. The molecule has 2 rings (SSSR count). The Morgan fingerprint density at radius 2 is 2.42 bits per heavy atom. The number of fused-ring (bicyclic) bond motifs is 1. The fourth-order valence-electron chi connectivity index (χ4n) is 0.998. The first-order valence-electron chi connectivity index (χ1n) is 3.36. The van der Waals surface area contributed by atoms with E-state index in [-0.39, 0.29) is 0 Å². The predicted molar refractivity (Wildman–Crippen MR) is 48.4 cm³/mol. The number of hydrogen-bond acceptors (Lipinski definition) is 5. The van der Waals surface area contributed by atoms with Crippen LogP contribution in [0.25, 0.3) is 10.2 Å². The molecular formula is C7H7N3OS. The summed E-state index contributed by atoms with van der Waals surface area (Å²) in [4.78, 5) is 8.10. The molecule has 0 saturated carbocycles. The van der Waals surface area contributed by atoms with E-state index in [0.717, 1.165) is 10.2 Å². The normalized spacial score (nSPS) is 10.4. The van der Waals surface area contributed by atoms with Gasteiger partial charge in [-0.2, -0.15) is 0 Å². The number of methoxy groups -OCH3 is 1. The number of aromatic nitrogens is 2. The number of nitrogen functional groups attached to an aromatic ring is 1. The molecule has 0 fully saturated rings. The van der Waals surface area contributed by atoms with Crippen molar-refractivity contribution >= 4 is 26.7 Å². The summed E-state index contributed by atoms with van der Waals surface area (Å²) >= 11 is 1.43. The Bertz CT molecular complexity index is 412. The van der Waals surface area contributed by atoms with E-state index in [1.54, 1.807) is 13.3 Å². The standard InChI is InChI=1S/C7H7N3OS/c1-11-6-5-4(2-3-9-6)12-7(8)10-5/h2-3H,1H3,(H2,8,10). The molecule has 0 atom stereocenters. The Morgan fingerprint density at radius 3 is 3.17 bits per heavy atom. The number of hydrogen-bond donors (Lipinski definition) is 1. The first kappa shape index (κ1) is 7.30. The second kappa shape index (κ2) is 2.60. The third kappa shape index (κ3) is 0.984. The molecule has 0 aliphatic carbocycles. The highest BCUT2D eigenvalue weighted by Crippen LogP contribution is 2.28. The largest absolute Gasteiger partial charge is 0.479 e. The molecule has 5 heteroatoms. The van der Waals surface area contributed by atoms with Crippen molar-refractivity contribution in [1.82, 2.24) is 9.97 Å². The van der Waals surface area contributed by atoms with Gasteiger partial charge in [-0.25, -0.2) is 9.97 Å². The van der Waals surface area contributed by atoms with Crippen LogP contribution in [0.1, 0.15) is 0 Å². The van der Waals surface area contributed by atoms with Gasteiger partial charge in [-0.1, -0.05) is 11.3 Å². The van der Waals surface area contributed by atoms with Crippen molar-refractivity contribution in [3.8, 4) is 5.88 Å². The highest BCUT2D eigenvalue weighted by Gasteiger charge is 2.06. The van der Waals surface area contributed by atoms with Crippen LogP contribution >= 0.6 is 11.3 Å². The third-order valence-electron chi connectivity index (χ3n) is 1.48. The third-order valence-corrected chi connectivity index (χ3v) is 2.33. The zero-order valence-corrected chi connectivity index (χ0v) is 7.26. The van der Waals surface area contributed by atoms with Gasteiger partial charge in [0, 0.05) is 6.20 Å². The van der Waals surface area contributed by atoms with Gasteiger partial charge in [0.25, 0.3) is 0 Å². The monoisotopic (exact) mass is 181 g/mol. The van der Waals surface area contributed by atoms with Crippen LogP contribution in [-0.2, 0) is 0 Å². The van der Waals surface area contributed by atoms with Crippen LogP contribution in [0.5, 0.6) is 5.88 Å². The van der Waals surface area contributed by atoms with E-state index in [9.17, 15) is 0 Å². The summed E-state index contributed by atoms with van der Waals surface area (Å²) in [5, 5.41) is 0.538. The quantitative estimate of drug-likeness (QED) is 0.720. The number of thiazole rings is 1. The second-order valence-corrected chi connectivity index (χ2v) is 3.28. The molecule has 2 heterocycles. The van der Waals surface area contributed by atoms with E-state index >= 15 is 0 Å². The zero-order valence-electron chi connectivity index (χ0n) is 6.44. The van der Waals surface area contributed by atoms with Crippen molar-refractivity contribution in [2.75, 3.05) is 12.8 Å². The maximum absolute atomic E-state index is 5.54. The smallest absolute Gasteiger partial charge is 0.241 e. The minimum absolute atomic E-state index is 0.528. The van der Waals surface area contributed by atoms with Crippen molar-refractivity contribution in [3.05, 3.63) is 12.3 Å². The molecule has 0 aliphatic rings. The van der Waals surface area contributed by atoms with Gasteiger partial charge in [-0.3, -0.25) is 0 Å². The average molecular weight is 181 g/mol. The fraction of sp³-hybridized carbons (Fsp3) is 0.143. The van der Waals surface area contributed by atoms with Crippen molar-refractivity contribution in [1.29, 1.82) is 0 Å². The minimum atomic E-state index is 0.528. The molecule has 0 spiro atoms. The molecule has 4 nitrogen and oxygen atoms in total. The Kier molecular flexibility index (Phi) is 1.58. The average Bonchev–Trinajstić information content (AvgIpc) is 2.44. The molecule has 2 aromatic heterocycles. The highest BCUT2D eigenvalue weighted by atomic mass is 32.1. The van der Waals surface area contributed by atoms with Crippen LogP contribution in [0.4, 0.5) is 5.13 Å². The Labute approximate surface area is 73.0 Å². The molecule has 0 amide bonds. The first-order valence-corrected chi connectivity index (χ1v) is 4.18. The van der Waals surface area contributed by atoms with Gasteiger partial charge in [0.05, 0.1) is 11.8 Å². The summed E-state index contributed by atoms with van der Waals surface area (Å²) in [6.07, 6.45) is 1.68. The Hall–Kier alpha value is -1.36. The number of anilines is 1. The molecular weight excluding hydrogens is 174 g/mol. The van der Waals surface area contributed by atoms with Crippen molar-refractivity contribution in [2.24, 2.45) is 0 Å². The van der Waals surface area contributed by atoms with E-state index in [4.69, 9.17) is 10.5 Å². The number of rotatable bonds is 1. The van der Waals surface area contributed by atoms with Crippen LogP contribution in [-0.4, -0.2) is 17.1 Å². The van der Waals surface area contributed by atoms with Gasteiger partial charge >= 0.3 is 0 Å². The number of pyridine rings is 1. The van der Waals surface area contributed by atoms with Gasteiger partial charge in [-0.15, -0.1) is 0 Å². The summed E-state index contributed by atoms with van der Waals surface area (Å²) in [6.45, 7) is 0. The molecule has 2 N–H and O–H groups in total. The highest BCUT2D eigenvalue weighted by molar-refractivity contribution is 7.22. The molecule has 0 aliphatic heterocycles. The first-order chi connectivity index (χ1) is 5.81. The maximum atomic E-state index is 5.54. The van der Waals surface area contributed by atoms with E-state index in [1.807, 2.05) is 6.07 Å². The van der Waals surface area contributed by atoms with Crippen LogP contribution in [0.15, 0.2) is 12.3 Å². The van der Waals surface area contributed by atoms with Gasteiger partial charge in [0.1, 0.15) is 5.52 Å². The summed E-state index contributed by atoms with van der Waals surface area (Å²) in [6, 6.07) is 1.87. The van der Waals surface area contributed by atoms with Gasteiger partial charge in [0.2, 0.25) is 5.88 Å². The van der Waals surface area contributed by atoms with E-state index in [2.05, 4.69) is 9.97 Å². The number of nitrogens with two attached hydrogens (primary N) is 1. The fourth-order valence-corrected chi connectivity index (χ4v) is 1.72. The molecule has 0 radical (unpaired) electrons. The molecule has 0 unspecified atom stereocenters. The second-order valence-electron chi connectivity index (χ2n) is 2.22. The summed E-state index contributed by atoms with van der Waals surface area (Å²) in [5.41, 5.74) is 6.28. The SMILES string of the molecule is COc1nccc2sc(N)nc12. The molecule has 12 heavy (non-hydrogen) atoms. The number of nitrogens with zero attached hydrogens (tertiary/aromatic N) is 2. The van der Waals surface area contributed by atoms with Crippen LogP contribution < -0.4 is 10.5 Å². The van der Waals surface area contributed by atoms with Crippen LogP contribution in [0.2, 0.25) is 0 Å². The van der Waals surface area contributed by atoms with E-state index in [0.29, 0.717) is 11.0 Å². The molecule has 0 saturated heterocycles. The Balaban J connectivity index is 2.78. The summed E-state index contributed by atoms with van der Waals surface area (Å²) in [7, 11) is 1.57. The van der Waals surface area contributed by atoms with Crippen LogP contribution in [0, 0.1) is 0 Å². The van der Waals surface area contributed by atoms with Gasteiger partial charge < -0.3 is 10.5 Å². The zero-order chi connectivity index (χ0) is 8.55. The lowest BCUT2D eigenvalue weighted by molar-refractivity contribution is 0.402. The molecule has 0 bridgehead atoms. The van der Waals surface area contributed by atoms with Crippen molar-refractivity contribution in [3.63, 3.8) is 0 Å². The maximum Gasteiger partial charge on any atom is 0.241 e. The molecule has 62 valence electrons. The lowest BCUT2D eigenvalue weighted by atomic mass is 10.4. The minimum Gasteiger partial charge on any atom is -0.479 e. The predicted octanol–water partition coefficient (Wildman–Crippen LogP) is 1.28. The molecule has 2 aromatic rings. The van der Waals surface area contributed by atoms with E-state index < -0.39 is 0 Å². The van der Waals surface area contributed by atoms with Gasteiger partial charge in [-0.05, 0) is 6.07 Å². The Morgan fingerprint density at radius 1 is 1.58 bits per heavy atom.